The van der Waals surface area contributed by atoms with E-state index in [-0.39, 0.29) is 5.75 Å². The molecule has 18 heavy (non-hydrogen) atoms. The summed E-state index contributed by atoms with van der Waals surface area (Å²) in [4.78, 5) is 4.29. The number of rotatable bonds is 1. The van der Waals surface area contributed by atoms with E-state index < -0.39 is 0 Å². The second-order valence-electron chi connectivity index (χ2n) is 3.51. The molecule has 4 nitrogen and oxygen atoms in total. The summed E-state index contributed by atoms with van der Waals surface area (Å²) < 4.78 is 0. The van der Waals surface area contributed by atoms with Crippen molar-refractivity contribution in [3.05, 3.63) is 36.4 Å². The molecule has 2 aromatic carbocycles. The van der Waals surface area contributed by atoms with Crippen molar-refractivity contribution in [2.75, 3.05) is 6.26 Å². The molecule has 2 aromatic rings. The first kappa shape index (κ1) is 12.3. The van der Waals surface area contributed by atoms with Gasteiger partial charge < -0.3 is 5.11 Å². The highest BCUT2D eigenvalue weighted by atomic mass is 32.2. The van der Waals surface area contributed by atoms with E-state index in [0.29, 0.717) is 10.9 Å². The summed E-state index contributed by atoms with van der Waals surface area (Å²) in [5.41, 5.74) is 0.472. The molecule has 0 spiro atoms. The van der Waals surface area contributed by atoms with Gasteiger partial charge in [-0.25, -0.2) is 4.99 Å². The lowest BCUT2D eigenvalue weighted by Crippen LogP contribution is -2.12. The Morgan fingerprint density at radius 3 is 2.83 bits per heavy atom. The normalized spacial score (nSPS) is 11.2. The van der Waals surface area contributed by atoms with E-state index in [1.165, 1.54) is 11.8 Å². The topological polar surface area (TPSA) is 68.4 Å². The van der Waals surface area contributed by atoms with Crippen LogP contribution >= 0.6 is 11.8 Å². The predicted molar refractivity (Wildman–Crippen MR) is 75.0 cm³/mol. The van der Waals surface area contributed by atoms with Gasteiger partial charge in [0.1, 0.15) is 11.4 Å². The van der Waals surface area contributed by atoms with Crippen molar-refractivity contribution in [3.8, 4) is 11.9 Å². The van der Waals surface area contributed by atoms with Crippen LogP contribution in [0.5, 0.6) is 5.75 Å². The van der Waals surface area contributed by atoms with Gasteiger partial charge in [0.05, 0.1) is 0 Å². The fourth-order valence-corrected chi connectivity index (χ4v) is 1.97. The van der Waals surface area contributed by atoms with Gasteiger partial charge in [0.2, 0.25) is 0 Å². The lowest BCUT2D eigenvalue weighted by molar-refractivity contribution is 0.477. The Labute approximate surface area is 109 Å². The maximum absolute atomic E-state index is 9.89. The van der Waals surface area contributed by atoms with Gasteiger partial charge in [-0.2, -0.15) is 5.26 Å². The summed E-state index contributed by atoms with van der Waals surface area (Å²) in [6.45, 7) is 0. The van der Waals surface area contributed by atoms with Crippen molar-refractivity contribution >= 4 is 33.4 Å². The summed E-state index contributed by atoms with van der Waals surface area (Å²) in [6, 6.07) is 11.1. The summed E-state index contributed by atoms with van der Waals surface area (Å²) in [5.74, 6) is 0.0972. The minimum atomic E-state index is 0.0972. The van der Waals surface area contributed by atoms with Gasteiger partial charge >= 0.3 is 0 Å². The Balaban J connectivity index is 2.63. The van der Waals surface area contributed by atoms with Crippen LogP contribution in [0.1, 0.15) is 0 Å². The minimum absolute atomic E-state index is 0.0972. The van der Waals surface area contributed by atoms with Crippen LogP contribution in [0, 0.1) is 11.5 Å². The highest BCUT2D eigenvalue weighted by molar-refractivity contribution is 8.13. The molecule has 0 aromatic heterocycles. The van der Waals surface area contributed by atoms with Crippen molar-refractivity contribution < 1.29 is 5.11 Å². The van der Waals surface area contributed by atoms with Gasteiger partial charge in [-0.3, -0.25) is 5.32 Å². The van der Waals surface area contributed by atoms with Gasteiger partial charge in [0.15, 0.2) is 11.4 Å². The number of hydrogen-bond acceptors (Lipinski definition) is 4. The van der Waals surface area contributed by atoms with Crippen molar-refractivity contribution in [1.29, 1.82) is 5.26 Å². The molecule has 0 unspecified atom stereocenters. The van der Waals surface area contributed by atoms with E-state index >= 15 is 0 Å². The Morgan fingerprint density at radius 1 is 1.33 bits per heavy atom. The van der Waals surface area contributed by atoms with Crippen LogP contribution < -0.4 is 5.32 Å². The van der Waals surface area contributed by atoms with Gasteiger partial charge in [0.25, 0.3) is 0 Å². The Morgan fingerprint density at radius 2 is 2.11 bits per heavy atom. The largest absolute Gasteiger partial charge is 0.506 e. The average Bonchev–Trinajstić information content (AvgIpc) is 2.41. The number of amidine groups is 1. The number of nitrogens with zero attached hydrogens (tertiary/aromatic N) is 2. The third kappa shape index (κ3) is 2.39. The zero-order chi connectivity index (χ0) is 13.0. The number of aromatic hydroxyl groups is 1. The van der Waals surface area contributed by atoms with E-state index in [4.69, 9.17) is 5.26 Å². The summed E-state index contributed by atoms with van der Waals surface area (Å²) in [5, 5.41) is 23.3. The molecular weight excluding hydrogens is 246 g/mol. The molecule has 90 valence electrons. The second kappa shape index (κ2) is 5.43. The number of thioether (sulfide) groups is 1. The Kier molecular flexibility index (Phi) is 3.70. The number of phenols is 1. The molecule has 0 fully saturated rings. The first-order valence-corrected chi connectivity index (χ1v) is 6.47. The summed E-state index contributed by atoms with van der Waals surface area (Å²) >= 11 is 1.31. The molecule has 2 rings (SSSR count). The zero-order valence-electron chi connectivity index (χ0n) is 9.71. The molecule has 0 saturated heterocycles. The van der Waals surface area contributed by atoms with Crippen LogP contribution in [0.25, 0.3) is 10.8 Å². The molecule has 0 aliphatic carbocycles. The van der Waals surface area contributed by atoms with Crippen molar-refractivity contribution in [1.82, 2.24) is 5.32 Å². The van der Waals surface area contributed by atoms with Crippen molar-refractivity contribution in [3.63, 3.8) is 0 Å². The molecule has 0 bridgehead atoms. The molecule has 0 atom stereocenters. The number of benzene rings is 2. The fourth-order valence-electron chi connectivity index (χ4n) is 1.64. The van der Waals surface area contributed by atoms with Gasteiger partial charge in [0, 0.05) is 5.39 Å². The molecule has 0 amide bonds. The number of hydrogen-bond donors (Lipinski definition) is 2. The van der Waals surface area contributed by atoms with Gasteiger partial charge in [-0.05, 0) is 17.7 Å². The minimum Gasteiger partial charge on any atom is -0.506 e. The van der Waals surface area contributed by atoms with E-state index in [1.54, 1.807) is 6.07 Å². The maximum Gasteiger partial charge on any atom is 0.183 e. The lowest BCUT2D eigenvalue weighted by atomic mass is 10.1. The van der Waals surface area contributed by atoms with Crippen LogP contribution in [0.2, 0.25) is 0 Å². The molecule has 2 N–H and O–H groups in total. The van der Waals surface area contributed by atoms with Crippen LogP contribution in [0.4, 0.5) is 5.69 Å². The maximum atomic E-state index is 9.89. The number of phenolic OH excluding ortho intramolecular Hbond substituents is 1. The van der Waals surface area contributed by atoms with Crippen LogP contribution in [-0.4, -0.2) is 16.5 Å². The van der Waals surface area contributed by atoms with Gasteiger partial charge in [-0.15, -0.1) is 0 Å². The Bertz CT molecular complexity index is 646. The molecule has 0 aliphatic rings. The average molecular weight is 257 g/mol. The standard InChI is InChI=1S/C13H11N3OS/c1-18-13(15-8-14)16-12-10-5-3-2-4-9(10)6-7-11(12)17/h2-7,17H,1H3,(H,15,16). The molecule has 0 aliphatic heterocycles. The molecule has 0 heterocycles. The van der Waals surface area contributed by atoms with Crippen LogP contribution in [-0.2, 0) is 0 Å². The second-order valence-corrected chi connectivity index (χ2v) is 4.31. The summed E-state index contributed by atoms with van der Waals surface area (Å²) in [6.07, 6.45) is 3.63. The lowest BCUT2D eigenvalue weighted by Gasteiger charge is -2.06. The monoisotopic (exact) mass is 257 g/mol. The SMILES string of the molecule is CSC(=Nc1c(O)ccc2ccccc12)NC#N. The third-order valence-corrected chi connectivity index (χ3v) is 3.03. The van der Waals surface area contributed by atoms with E-state index in [9.17, 15) is 5.11 Å². The summed E-state index contributed by atoms with van der Waals surface area (Å²) in [7, 11) is 0. The van der Waals surface area contributed by atoms with E-state index in [2.05, 4.69) is 10.3 Å². The number of nitriles is 1. The zero-order valence-corrected chi connectivity index (χ0v) is 10.5. The molecule has 5 heteroatoms. The third-order valence-electron chi connectivity index (χ3n) is 2.45. The quantitative estimate of drug-likeness (QED) is 0.357. The first-order chi connectivity index (χ1) is 8.76. The van der Waals surface area contributed by atoms with E-state index in [0.717, 1.165) is 10.8 Å². The van der Waals surface area contributed by atoms with Crippen LogP contribution in [0.3, 0.4) is 0 Å². The number of aliphatic imine (C=N–C) groups is 1. The van der Waals surface area contributed by atoms with E-state index in [1.807, 2.05) is 42.8 Å². The molecular formula is C13H11N3OS. The first-order valence-electron chi connectivity index (χ1n) is 5.24. The molecule has 0 radical (unpaired) electrons. The fraction of sp³-hybridized carbons (Fsp3) is 0.0769. The number of nitrogens with one attached hydrogen (secondary N) is 1. The smallest absolute Gasteiger partial charge is 0.183 e. The van der Waals surface area contributed by atoms with Crippen LogP contribution in [0.15, 0.2) is 41.4 Å². The predicted octanol–water partition coefficient (Wildman–Crippen LogP) is 2.97. The Hall–Kier alpha value is -2.19. The van der Waals surface area contributed by atoms with Crippen molar-refractivity contribution in [2.24, 2.45) is 4.99 Å². The molecule has 0 saturated carbocycles. The number of fused-ring (bicyclic) bond motifs is 1. The highest BCUT2D eigenvalue weighted by Gasteiger charge is 2.07. The van der Waals surface area contributed by atoms with Crippen molar-refractivity contribution in [2.45, 2.75) is 0 Å². The highest BCUT2D eigenvalue weighted by Crippen LogP contribution is 2.35. The van der Waals surface area contributed by atoms with Gasteiger partial charge in [-0.1, -0.05) is 42.1 Å².